The second-order valence-corrected chi connectivity index (χ2v) is 18.9. The lowest BCUT2D eigenvalue weighted by Gasteiger charge is -2.37. The van der Waals surface area contributed by atoms with Crippen molar-refractivity contribution >= 4 is 35.1 Å². The summed E-state index contributed by atoms with van der Waals surface area (Å²) in [6.07, 6.45) is 7.79. The van der Waals surface area contributed by atoms with Gasteiger partial charge in [0.2, 0.25) is 11.8 Å². The van der Waals surface area contributed by atoms with Gasteiger partial charge in [-0.05, 0) is 68.4 Å². The number of aromatic amines is 2. The van der Waals surface area contributed by atoms with Crippen LogP contribution in [0.2, 0.25) is 0 Å². The Morgan fingerprint density at radius 2 is 1.25 bits per heavy atom. The number of imidazole rings is 2. The Morgan fingerprint density at radius 3 is 1.73 bits per heavy atom. The topological polar surface area (TPSA) is 193 Å². The highest BCUT2D eigenvalue weighted by Gasteiger charge is 2.75. The van der Waals surface area contributed by atoms with Crippen LogP contribution in [0.15, 0.2) is 48.8 Å². The maximum Gasteiger partial charge on any atom is 0.407 e. The van der Waals surface area contributed by atoms with Gasteiger partial charge in [0.25, 0.3) is 0 Å². The number of ether oxygens (including phenoxy) is 4. The number of fused-ring (bicyclic) bond motifs is 5. The minimum Gasteiger partial charge on any atom is -0.488 e. The van der Waals surface area contributed by atoms with Gasteiger partial charge in [-0.15, -0.1) is 0 Å². The summed E-state index contributed by atoms with van der Waals surface area (Å²) in [5, 5.41) is 5.44. The van der Waals surface area contributed by atoms with E-state index in [4.69, 9.17) is 28.9 Å². The summed E-state index contributed by atoms with van der Waals surface area (Å²) in [4.78, 5) is 71.8. The third-order valence-electron chi connectivity index (χ3n) is 14.3. The molecular formula is C48H56N8O8. The molecule has 1 unspecified atom stereocenters. The van der Waals surface area contributed by atoms with E-state index in [9.17, 15) is 19.2 Å². The number of nitrogens with one attached hydrogen (secondary N) is 4. The Labute approximate surface area is 371 Å². The van der Waals surface area contributed by atoms with Gasteiger partial charge in [-0.3, -0.25) is 9.59 Å². The van der Waals surface area contributed by atoms with Crippen molar-refractivity contribution in [3.05, 3.63) is 71.6 Å². The van der Waals surface area contributed by atoms with Gasteiger partial charge in [0, 0.05) is 51.9 Å². The van der Waals surface area contributed by atoms with Crippen molar-refractivity contribution in [3.63, 3.8) is 0 Å². The van der Waals surface area contributed by atoms with Gasteiger partial charge in [-0.1, -0.05) is 52.0 Å². The normalized spacial score (nSPS) is 24.8. The van der Waals surface area contributed by atoms with E-state index in [0.717, 1.165) is 89.2 Å². The molecule has 2 saturated heterocycles. The van der Waals surface area contributed by atoms with Gasteiger partial charge < -0.3 is 49.3 Å². The van der Waals surface area contributed by atoms with E-state index in [2.05, 4.69) is 57.0 Å². The molecule has 0 radical (unpaired) electrons. The van der Waals surface area contributed by atoms with Crippen LogP contribution in [0.1, 0.15) is 101 Å². The number of hydrogen-bond donors (Lipinski definition) is 4. The lowest BCUT2D eigenvalue weighted by molar-refractivity contribution is -0.136. The molecule has 2 aromatic carbocycles. The molecule has 2 saturated carbocycles. The Morgan fingerprint density at radius 1 is 0.750 bits per heavy atom. The van der Waals surface area contributed by atoms with Crippen molar-refractivity contribution in [1.82, 2.24) is 40.4 Å². The van der Waals surface area contributed by atoms with E-state index in [1.807, 2.05) is 49.9 Å². The Bertz CT molecular complexity index is 2550. The molecule has 0 bridgehead atoms. The molecule has 4 amide bonds. The molecule has 2 aromatic heterocycles. The number of benzene rings is 2. The number of hydrogen-bond acceptors (Lipinski definition) is 10. The number of carbonyl (C=O) groups excluding carboxylic acids is 4. The smallest absolute Gasteiger partial charge is 0.407 e. The van der Waals surface area contributed by atoms with Crippen LogP contribution in [0.5, 0.6) is 11.5 Å². The van der Waals surface area contributed by atoms with Crippen LogP contribution in [0.25, 0.3) is 33.7 Å². The number of carbonyl (C=O) groups is 4. The SMILES string of the molecule is COC(=O)N[C@H](C(=O)N1CCC[C@H]1c1ncc(-c2ccc3c(c2)OC(C24CC2C4)C2=C3COc3cc(-c4cnc([C@@H]5CCCN5C(=O)[C@@H](NC(=O)OC)C(C)C)[nH]4)ccc32)[nH]1)C(C)C. The van der Waals surface area contributed by atoms with Gasteiger partial charge in [-0.25, -0.2) is 19.6 Å². The van der Waals surface area contributed by atoms with Crippen molar-refractivity contribution in [2.75, 3.05) is 33.9 Å². The number of nitrogens with zero attached hydrogens (tertiary/aromatic N) is 4. The fraction of sp³-hybridized carbons (Fsp3) is 0.500. The molecule has 4 aromatic rings. The molecule has 10 rings (SSSR count). The Kier molecular flexibility index (Phi) is 10.4. The fourth-order valence-corrected chi connectivity index (χ4v) is 10.4. The van der Waals surface area contributed by atoms with Crippen LogP contribution in [0.3, 0.4) is 0 Å². The van der Waals surface area contributed by atoms with E-state index in [-0.39, 0.29) is 47.3 Å². The first-order valence-electron chi connectivity index (χ1n) is 22.6. The third kappa shape index (κ3) is 7.14. The minimum absolute atomic E-state index is 0.0976. The standard InChI is InChI=1S/C48H56N8O8/c1-24(2)39(53-46(59)61-5)44(57)55-15-7-9-34(55)42-49-21-32(51-42)26-12-14-30-36(17-26)63-23-31-29-13-11-27(18-37(29)64-41(38(30)31)48-19-28(48)20-48)33-22-50-43(52-33)35-10-8-16-56(35)45(58)40(25(3)4)54-47(60)62-6/h11-14,17-18,21-22,24-25,28,34-35,39-41H,7-10,15-16,19-20,23H2,1-6H3,(H,49,51)(H,50,52)(H,53,59)(H,54,60)/t28?,34-,35-,39-,40-,41?,48?/m0/s1. The van der Waals surface area contributed by atoms with Gasteiger partial charge in [0.1, 0.15) is 47.9 Å². The first-order valence-corrected chi connectivity index (χ1v) is 22.6. The summed E-state index contributed by atoms with van der Waals surface area (Å²) < 4.78 is 23.3. The quantitative estimate of drug-likeness (QED) is 0.122. The molecular weight excluding hydrogens is 817 g/mol. The van der Waals surface area contributed by atoms with Crippen LogP contribution < -0.4 is 20.1 Å². The Hall–Kier alpha value is -6.32. The molecule has 64 heavy (non-hydrogen) atoms. The molecule has 2 aliphatic carbocycles. The van der Waals surface area contributed by atoms with Crippen molar-refractivity contribution in [2.45, 2.75) is 96.5 Å². The Balaban J connectivity index is 0.895. The summed E-state index contributed by atoms with van der Waals surface area (Å²) in [6.45, 7) is 9.20. The van der Waals surface area contributed by atoms with Crippen LogP contribution >= 0.6 is 0 Å². The highest BCUT2D eigenvalue weighted by molar-refractivity contribution is 6.00. The van der Waals surface area contributed by atoms with Gasteiger partial charge >= 0.3 is 12.2 Å². The highest BCUT2D eigenvalue weighted by atomic mass is 16.5. The fourth-order valence-electron chi connectivity index (χ4n) is 10.4. The van der Waals surface area contributed by atoms with Gasteiger partial charge in [0.05, 0.1) is 50.1 Å². The van der Waals surface area contributed by atoms with Crippen molar-refractivity contribution in [1.29, 1.82) is 0 Å². The number of H-pyrrole nitrogens is 2. The minimum atomic E-state index is -0.705. The van der Waals surface area contributed by atoms with Crippen molar-refractivity contribution < 1.29 is 38.1 Å². The highest BCUT2D eigenvalue weighted by Crippen LogP contribution is 2.79. The molecule has 4 fully saturated rings. The average molecular weight is 873 g/mol. The van der Waals surface area contributed by atoms with E-state index >= 15 is 0 Å². The molecule has 0 spiro atoms. The number of amides is 4. The maximum atomic E-state index is 13.7. The molecule has 4 N–H and O–H groups in total. The molecule has 16 heteroatoms. The zero-order valence-electron chi connectivity index (χ0n) is 37.2. The van der Waals surface area contributed by atoms with E-state index in [1.165, 1.54) is 19.8 Å². The second-order valence-electron chi connectivity index (χ2n) is 18.9. The lowest BCUT2D eigenvalue weighted by Crippen LogP contribution is -2.51. The largest absolute Gasteiger partial charge is 0.488 e. The summed E-state index contributed by atoms with van der Waals surface area (Å²) >= 11 is 0. The molecule has 6 aliphatic rings. The molecule has 5 atom stereocenters. The van der Waals surface area contributed by atoms with E-state index < -0.39 is 24.3 Å². The van der Waals surface area contributed by atoms with Crippen molar-refractivity contribution in [2.24, 2.45) is 23.2 Å². The number of methoxy groups -OCH3 is 2. The first-order chi connectivity index (χ1) is 30.9. The lowest BCUT2D eigenvalue weighted by atomic mass is 9.82. The summed E-state index contributed by atoms with van der Waals surface area (Å²) in [6, 6.07) is 10.7. The summed E-state index contributed by atoms with van der Waals surface area (Å²) in [5.41, 5.74) is 8.07. The zero-order chi connectivity index (χ0) is 44.6. The number of alkyl carbamates (subject to hydrolysis) is 2. The molecule has 4 aliphatic heterocycles. The van der Waals surface area contributed by atoms with Crippen molar-refractivity contribution in [3.8, 4) is 34.0 Å². The van der Waals surface area contributed by atoms with E-state index in [0.29, 0.717) is 37.3 Å². The molecule has 16 nitrogen and oxygen atoms in total. The zero-order valence-corrected chi connectivity index (χ0v) is 37.2. The van der Waals surface area contributed by atoms with Crippen LogP contribution in [0.4, 0.5) is 9.59 Å². The van der Waals surface area contributed by atoms with Crippen LogP contribution in [-0.4, -0.2) is 106 Å². The van der Waals surface area contributed by atoms with E-state index in [1.54, 1.807) is 0 Å². The second kappa shape index (κ2) is 16.0. The summed E-state index contributed by atoms with van der Waals surface area (Å²) in [7, 11) is 2.59. The predicted octanol–water partition coefficient (Wildman–Crippen LogP) is 7.03. The monoisotopic (exact) mass is 872 g/mol. The number of likely N-dealkylation sites (tertiary alicyclic amines) is 2. The van der Waals surface area contributed by atoms with Gasteiger partial charge in [0.15, 0.2) is 0 Å². The molecule has 6 heterocycles. The number of rotatable bonds is 11. The molecule has 336 valence electrons. The van der Waals surface area contributed by atoms with Crippen LogP contribution in [-0.2, 0) is 19.1 Å². The first kappa shape index (κ1) is 41.7. The average Bonchev–Trinajstić information content (AvgIpc) is 3.73. The van der Waals surface area contributed by atoms with Crippen LogP contribution in [0, 0.1) is 23.2 Å². The van der Waals surface area contributed by atoms with Gasteiger partial charge in [-0.2, -0.15) is 0 Å². The number of aromatic nitrogens is 4. The third-order valence-corrected chi connectivity index (χ3v) is 14.3. The predicted molar refractivity (Wildman–Crippen MR) is 236 cm³/mol. The maximum absolute atomic E-state index is 13.7. The summed E-state index contributed by atoms with van der Waals surface area (Å²) in [5.74, 6) is 3.18.